The Kier molecular flexibility index (Phi) is 5.89. The summed E-state index contributed by atoms with van der Waals surface area (Å²) in [7, 11) is 0. The minimum Gasteiger partial charge on any atom is -0.436 e. The van der Waals surface area contributed by atoms with Crippen LogP contribution < -0.4 is 4.74 Å². The molecule has 4 rings (SSSR count). The van der Waals surface area contributed by atoms with Crippen molar-refractivity contribution in [3.05, 3.63) is 52.4 Å². The van der Waals surface area contributed by atoms with Crippen molar-refractivity contribution in [3.63, 3.8) is 0 Å². The molecular weight excluding hydrogens is 409 g/mol. The van der Waals surface area contributed by atoms with Gasteiger partial charge >= 0.3 is 0 Å². The molecule has 1 aliphatic carbocycles. The lowest BCUT2D eigenvalue weighted by molar-refractivity contribution is -0.139. The average molecular weight is 432 g/mol. The van der Waals surface area contributed by atoms with Crippen LogP contribution in [-0.2, 0) is 20.7 Å². The summed E-state index contributed by atoms with van der Waals surface area (Å²) in [5.41, 5.74) is 1.28. The summed E-state index contributed by atoms with van der Waals surface area (Å²) in [6.45, 7) is 3.15. The Morgan fingerprint density at radius 3 is 2.53 bits per heavy atom. The molecule has 30 heavy (non-hydrogen) atoms. The highest BCUT2D eigenvalue weighted by molar-refractivity contribution is 6.30. The van der Waals surface area contributed by atoms with Gasteiger partial charge in [0.1, 0.15) is 23.2 Å². The molecule has 1 saturated heterocycles. The van der Waals surface area contributed by atoms with E-state index in [2.05, 4.69) is 4.98 Å². The highest BCUT2D eigenvalue weighted by atomic mass is 35.5. The zero-order valence-electron chi connectivity index (χ0n) is 16.7. The number of carbonyl (C=O) groups is 2. The van der Waals surface area contributed by atoms with Crippen molar-refractivity contribution in [2.45, 2.75) is 44.9 Å². The predicted molar refractivity (Wildman–Crippen MR) is 110 cm³/mol. The third-order valence-corrected chi connectivity index (χ3v) is 6.30. The summed E-state index contributed by atoms with van der Waals surface area (Å²) in [5.74, 6) is -1.50. The van der Waals surface area contributed by atoms with Gasteiger partial charge in [0.2, 0.25) is 0 Å². The van der Waals surface area contributed by atoms with Crippen LogP contribution in [0.3, 0.4) is 0 Å². The Bertz CT molecular complexity index is 967. The first kappa shape index (κ1) is 20.9. The molecule has 1 saturated carbocycles. The number of halogens is 2. The van der Waals surface area contributed by atoms with Crippen LogP contribution in [0.15, 0.2) is 30.5 Å². The van der Waals surface area contributed by atoms with E-state index in [9.17, 15) is 14.0 Å². The second kappa shape index (κ2) is 8.44. The maximum absolute atomic E-state index is 14.1. The van der Waals surface area contributed by atoms with Gasteiger partial charge in [-0.25, -0.2) is 9.37 Å². The number of carbonyl (C=O) groups excluding carboxylic acids is 2. The zero-order chi connectivity index (χ0) is 21.3. The van der Waals surface area contributed by atoms with Crippen molar-refractivity contribution >= 4 is 23.2 Å². The lowest BCUT2D eigenvalue weighted by Gasteiger charge is -2.41. The number of nitrogens with zero attached hydrogens (tertiary/aromatic N) is 1. The Morgan fingerprint density at radius 1 is 1.20 bits per heavy atom. The zero-order valence-corrected chi connectivity index (χ0v) is 17.5. The largest absolute Gasteiger partial charge is 0.436 e. The van der Waals surface area contributed by atoms with E-state index >= 15 is 0 Å². The second-order valence-corrected chi connectivity index (χ2v) is 8.52. The standard InChI is InChI=1S/C23H23ClFNO4/c1-2-14-3-4-16(30-22-18(25)9-15(24)13-26-22)10-17(14)21-19(27)11-23(12-20(21)28)5-7-29-8-6-23/h3-4,9-10,13,21H,2,5-8,11-12H2,1H3. The molecule has 2 aromatic rings. The number of hydrogen-bond acceptors (Lipinski definition) is 5. The molecule has 0 bridgehead atoms. The van der Waals surface area contributed by atoms with Gasteiger partial charge in [0.15, 0.2) is 5.82 Å². The van der Waals surface area contributed by atoms with E-state index in [-0.39, 0.29) is 27.9 Å². The minimum atomic E-state index is -0.806. The summed E-state index contributed by atoms with van der Waals surface area (Å²) in [5, 5.41) is 0.169. The fourth-order valence-corrected chi connectivity index (χ4v) is 4.65. The van der Waals surface area contributed by atoms with E-state index in [0.717, 1.165) is 24.5 Å². The highest BCUT2D eigenvalue weighted by Gasteiger charge is 2.46. The number of benzene rings is 1. The van der Waals surface area contributed by atoms with Crippen LogP contribution in [0.1, 0.15) is 49.7 Å². The summed E-state index contributed by atoms with van der Waals surface area (Å²) in [6, 6.07) is 6.29. The molecule has 2 heterocycles. The van der Waals surface area contributed by atoms with Gasteiger partial charge in [-0.1, -0.05) is 24.6 Å². The first-order chi connectivity index (χ1) is 14.4. The Labute approximate surface area is 179 Å². The van der Waals surface area contributed by atoms with Crippen molar-refractivity contribution in [2.75, 3.05) is 13.2 Å². The predicted octanol–water partition coefficient (Wildman–Crippen LogP) is 5.04. The molecule has 1 spiro atoms. The Balaban J connectivity index is 1.63. The molecule has 2 aliphatic rings. The van der Waals surface area contributed by atoms with Gasteiger partial charge in [0.05, 0.1) is 5.02 Å². The topological polar surface area (TPSA) is 65.5 Å². The van der Waals surface area contributed by atoms with Crippen LogP contribution >= 0.6 is 11.6 Å². The maximum Gasteiger partial charge on any atom is 0.255 e. The molecule has 7 heteroatoms. The Morgan fingerprint density at radius 2 is 1.90 bits per heavy atom. The smallest absolute Gasteiger partial charge is 0.255 e. The van der Waals surface area contributed by atoms with Gasteiger partial charge in [0, 0.05) is 32.3 Å². The van der Waals surface area contributed by atoms with Crippen molar-refractivity contribution < 1.29 is 23.5 Å². The molecule has 1 aromatic heterocycles. The number of aromatic nitrogens is 1. The molecule has 0 unspecified atom stereocenters. The summed E-state index contributed by atoms with van der Waals surface area (Å²) >= 11 is 5.74. The number of rotatable bonds is 4. The van der Waals surface area contributed by atoms with Gasteiger partial charge in [0.25, 0.3) is 5.88 Å². The molecule has 158 valence electrons. The summed E-state index contributed by atoms with van der Waals surface area (Å²) in [6.07, 6.45) is 4.20. The molecule has 0 N–H and O–H groups in total. The van der Waals surface area contributed by atoms with Crippen LogP contribution in [0.5, 0.6) is 11.6 Å². The van der Waals surface area contributed by atoms with E-state index in [0.29, 0.717) is 43.8 Å². The van der Waals surface area contributed by atoms with E-state index in [1.54, 1.807) is 12.1 Å². The van der Waals surface area contributed by atoms with Crippen molar-refractivity contribution in [3.8, 4) is 11.6 Å². The molecule has 1 aromatic carbocycles. The highest BCUT2D eigenvalue weighted by Crippen LogP contribution is 2.46. The summed E-state index contributed by atoms with van der Waals surface area (Å²) in [4.78, 5) is 30.1. The van der Waals surface area contributed by atoms with E-state index < -0.39 is 11.7 Å². The monoisotopic (exact) mass is 431 g/mol. The number of pyridine rings is 1. The van der Waals surface area contributed by atoms with Gasteiger partial charge in [-0.2, -0.15) is 0 Å². The van der Waals surface area contributed by atoms with Crippen LogP contribution in [-0.4, -0.2) is 29.8 Å². The molecule has 5 nitrogen and oxygen atoms in total. The van der Waals surface area contributed by atoms with Gasteiger partial charge < -0.3 is 9.47 Å². The van der Waals surface area contributed by atoms with Crippen molar-refractivity contribution in [1.82, 2.24) is 4.98 Å². The number of Topliss-reactive ketones (excluding diaryl/α,β-unsaturated/α-hetero) is 2. The van der Waals surface area contributed by atoms with E-state index in [1.165, 1.54) is 6.20 Å². The summed E-state index contributed by atoms with van der Waals surface area (Å²) < 4.78 is 25.1. The third kappa shape index (κ3) is 4.12. The van der Waals surface area contributed by atoms with Crippen LogP contribution in [0, 0.1) is 11.2 Å². The molecule has 1 aliphatic heterocycles. The van der Waals surface area contributed by atoms with Crippen molar-refractivity contribution in [1.29, 1.82) is 0 Å². The first-order valence-corrected chi connectivity index (χ1v) is 10.5. The lowest BCUT2D eigenvalue weighted by atomic mass is 9.63. The molecule has 0 amide bonds. The lowest BCUT2D eigenvalue weighted by Crippen LogP contribution is -2.42. The Hall–Kier alpha value is -2.31. The fourth-order valence-electron chi connectivity index (χ4n) is 4.51. The molecule has 0 atom stereocenters. The quantitative estimate of drug-likeness (QED) is 0.634. The number of ketones is 2. The molecular formula is C23H23ClFNO4. The number of hydrogen-bond donors (Lipinski definition) is 0. The number of aryl methyl sites for hydroxylation is 1. The minimum absolute atomic E-state index is 0.0594. The number of ether oxygens (including phenoxy) is 2. The van der Waals surface area contributed by atoms with Gasteiger partial charge in [-0.15, -0.1) is 0 Å². The second-order valence-electron chi connectivity index (χ2n) is 8.09. The van der Waals surface area contributed by atoms with Crippen LogP contribution in [0.25, 0.3) is 0 Å². The van der Waals surface area contributed by atoms with Gasteiger partial charge in [-0.05, 0) is 54.0 Å². The normalized spacial score (nSPS) is 19.3. The van der Waals surface area contributed by atoms with Crippen LogP contribution in [0.4, 0.5) is 4.39 Å². The first-order valence-electron chi connectivity index (χ1n) is 10.2. The van der Waals surface area contributed by atoms with E-state index in [1.807, 2.05) is 13.0 Å². The van der Waals surface area contributed by atoms with E-state index in [4.69, 9.17) is 21.1 Å². The average Bonchev–Trinajstić information content (AvgIpc) is 2.70. The molecule has 2 fully saturated rings. The fraction of sp³-hybridized carbons (Fsp3) is 0.435. The van der Waals surface area contributed by atoms with Crippen LogP contribution in [0.2, 0.25) is 5.02 Å². The van der Waals surface area contributed by atoms with Gasteiger partial charge in [-0.3, -0.25) is 9.59 Å². The third-order valence-electron chi connectivity index (χ3n) is 6.09. The SMILES string of the molecule is CCc1ccc(Oc2ncc(Cl)cc2F)cc1C1C(=O)CC2(CCOCC2)CC1=O. The molecule has 0 radical (unpaired) electrons. The van der Waals surface area contributed by atoms with Crippen molar-refractivity contribution in [2.24, 2.45) is 5.41 Å². The maximum atomic E-state index is 14.1.